The molecule has 0 aromatic rings. The van der Waals surface area contributed by atoms with Crippen molar-refractivity contribution in [3.8, 4) is 0 Å². The summed E-state index contributed by atoms with van der Waals surface area (Å²) in [5.41, 5.74) is 0. The molecule has 29 heteroatoms. The van der Waals surface area contributed by atoms with E-state index in [1.54, 1.807) is 0 Å². The maximum Gasteiger partial charge on any atom is 2.00 e. The number of hydrogen-bond donors (Lipinski definition) is 20. The van der Waals surface area contributed by atoms with Gasteiger partial charge in [-0.25, -0.2) is 9.59 Å². The Labute approximate surface area is 323 Å². The summed E-state index contributed by atoms with van der Waals surface area (Å²) in [6, 6.07) is 0. The van der Waals surface area contributed by atoms with Crippen LogP contribution in [0.25, 0.3) is 0 Å². The average molecular weight is 831 g/mol. The van der Waals surface area contributed by atoms with E-state index in [1.807, 2.05) is 0 Å². The average Bonchev–Trinajstić information content (AvgIpc) is 3.16. The molecule has 320 valence electrons. The Kier molecular flexibility index (Phi) is 28.6. The van der Waals surface area contributed by atoms with Gasteiger partial charge in [-0.1, -0.05) is 0 Å². The Morgan fingerprint density at radius 2 is 0.564 bits per heavy atom. The number of aliphatic hydroxyl groups is 20. The van der Waals surface area contributed by atoms with Crippen molar-refractivity contribution in [1.29, 1.82) is 0 Å². The van der Waals surface area contributed by atoms with Gasteiger partial charge < -0.3 is 131 Å². The molecule has 0 fully saturated rings. The summed E-state index contributed by atoms with van der Waals surface area (Å²) in [5.74, 6) is -8.50. The summed E-state index contributed by atoms with van der Waals surface area (Å²) >= 11 is 0. The summed E-state index contributed by atoms with van der Waals surface area (Å²) in [7, 11) is 0. The van der Waals surface area contributed by atoms with Crippen molar-refractivity contribution in [1.82, 2.24) is 0 Å². The van der Waals surface area contributed by atoms with Gasteiger partial charge in [-0.3, -0.25) is 0 Å². The quantitative estimate of drug-likeness (QED) is 0.0317. The second-order valence-corrected chi connectivity index (χ2v) is 11.1. The fourth-order valence-corrected chi connectivity index (χ4v) is 3.66. The van der Waals surface area contributed by atoms with Crippen molar-refractivity contribution in [2.75, 3.05) is 26.4 Å². The summed E-state index contributed by atoms with van der Waals surface area (Å²) in [4.78, 5) is 45.4. The van der Waals surface area contributed by atoms with Crippen LogP contribution in [0.3, 0.4) is 0 Å². The predicted molar refractivity (Wildman–Crippen MR) is 160 cm³/mol. The first kappa shape index (κ1) is 57.2. The van der Waals surface area contributed by atoms with Crippen LogP contribution in [0.4, 0.5) is 0 Å². The van der Waals surface area contributed by atoms with Gasteiger partial charge >= 0.3 is 35.0 Å². The normalized spacial score (nSPS) is 21.5. The third-order valence-electron chi connectivity index (χ3n) is 7.13. The van der Waals surface area contributed by atoms with E-state index < -0.39 is 160 Å². The molecule has 0 aromatic heterocycles. The number of aliphatic hydroxyl groups excluding tert-OH is 20. The van der Waals surface area contributed by atoms with Gasteiger partial charge in [0.2, 0.25) is 0 Å². The Hall–Kier alpha value is -2.15. The Bertz CT molecular complexity index is 1040. The molecule has 0 aliphatic rings. The van der Waals surface area contributed by atoms with Crippen LogP contribution in [0, 0.1) is 0 Å². The Balaban J connectivity index is -0.000000966. The van der Waals surface area contributed by atoms with Crippen LogP contribution in [-0.4, -0.2) is 285 Å². The molecule has 20 N–H and O–H groups in total. The number of carboxylic acids is 2. The molecule has 18 atom stereocenters. The van der Waals surface area contributed by atoms with Crippen LogP contribution in [0.5, 0.6) is 0 Å². The fourth-order valence-electron chi connectivity index (χ4n) is 3.66. The number of aliphatic carboxylic acids is 2. The fraction of sp³-hybridized carbons (Fsp3) is 0.846. The van der Waals surface area contributed by atoms with Gasteiger partial charge in [-0.05, 0) is 0 Å². The maximum atomic E-state index is 11.7. The van der Waals surface area contributed by atoms with Crippen LogP contribution in [-0.2, 0) is 28.7 Å². The van der Waals surface area contributed by atoms with Crippen LogP contribution < -0.4 is 10.2 Å². The van der Waals surface area contributed by atoms with Crippen LogP contribution >= 0.6 is 0 Å². The van der Waals surface area contributed by atoms with Gasteiger partial charge in [0.1, 0.15) is 85.5 Å². The number of carboxylic acid groups (broad SMARTS) is 2. The van der Waals surface area contributed by atoms with E-state index in [4.69, 9.17) is 40.9 Å². The molecule has 0 amide bonds. The third kappa shape index (κ3) is 17.5. The van der Waals surface area contributed by atoms with E-state index >= 15 is 0 Å². The van der Waals surface area contributed by atoms with E-state index in [0.29, 0.717) is 0 Å². The van der Waals surface area contributed by atoms with E-state index in [2.05, 4.69) is 9.47 Å². The van der Waals surface area contributed by atoms with Crippen LogP contribution in [0.1, 0.15) is 0 Å². The van der Waals surface area contributed by atoms with Crippen molar-refractivity contribution < 1.29 is 141 Å². The SMILES string of the molecule is O=C(O[C@@H](C(=O)[O-])[C@H](O)[C@H](O)[C@@H](O)[C@H](O)CO)[C@H](O)[C@@H](O)[C@H](O)[C@H](O)CO.O=C(O[C@H](C(=O)[O-])[C@@H](O)[C@@H](O)[C@H](O)[C@@H](O)CO)[C@@H](O)[C@H](O)[C@@H](O)[C@@H](O)CO.[Mg+2]. The van der Waals surface area contributed by atoms with Gasteiger partial charge in [0, 0.05) is 0 Å². The number of esters is 2. The summed E-state index contributed by atoms with van der Waals surface area (Å²) < 4.78 is 8.35. The molecule has 0 heterocycles. The smallest absolute Gasteiger partial charge is 0.546 e. The molecule has 0 spiro atoms. The zero-order chi connectivity index (χ0) is 42.9. The number of carbonyl (C=O) groups excluding carboxylic acids is 4. The van der Waals surface area contributed by atoms with Crippen molar-refractivity contribution in [2.45, 2.75) is 110 Å². The Morgan fingerprint density at radius 1 is 0.364 bits per heavy atom. The molecule has 0 saturated heterocycles. The first-order chi connectivity index (χ1) is 24.8. The zero-order valence-electron chi connectivity index (χ0n) is 28.1. The number of hydrogen-bond acceptors (Lipinski definition) is 28. The summed E-state index contributed by atoms with van der Waals surface area (Å²) in [5, 5.41) is 207. The minimum absolute atomic E-state index is 0. The minimum atomic E-state index is -2.71. The second-order valence-electron chi connectivity index (χ2n) is 11.1. The van der Waals surface area contributed by atoms with Gasteiger partial charge in [0.15, 0.2) is 24.4 Å². The molecule has 0 aromatic carbocycles. The van der Waals surface area contributed by atoms with Gasteiger partial charge in [0.25, 0.3) is 0 Å². The third-order valence-corrected chi connectivity index (χ3v) is 7.13. The van der Waals surface area contributed by atoms with Gasteiger partial charge in [-0.2, -0.15) is 0 Å². The molecular formula is C26H46MgO28. The predicted octanol–water partition coefficient (Wildman–Crippen LogP) is -17.3. The van der Waals surface area contributed by atoms with Crippen molar-refractivity contribution in [3.05, 3.63) is 0 Å². The topological polar surface area (TPSA) is 537 Å². The number of ether oxygens (including phenoxy) is 2. The van der Waals surface area contributed by atoms with Crippen molar-refractivity contribution in [3.63, 3.8) is 0 Å². The Morgan fingerprint density at radius 3 is 0.745 bits per heavy atom. The molecule has 0 unspecified atom stereocenters. The molecule has 0 aliphatic carbocycles. The molecule has 0 saturated carbocycles. The molecule has 0 bridgehead atoms. The van der Waals surface area contributed by atoms with E-state index in [0.717, 1.165) is 0 Å². The van der Waals surface area contributed by atoms with Crippen LogP contribution in [0.15, 0.2) is 0 Å². The number of carbonyl (C=O) groups is 4. The monoisotopic (exact) mass is 830 g/mol. The van der Waals surface area contributed by atoms with Gasteiger partial charge in [-0.15, -0.1) is 0 Å². The first-order valence-corrected chi connectivity index (χ1v) is 15.0. The van der Waals surface area contributed by atoms with E-state index in [-0.39, 0.29) is 23.1 Å². The summed E-state index contributed by atoms with van der Waals surface area (Å²) in [6.45, 7) is -4.26. The first-order valence-electron chi connectivity index (χ1n) is 15.0. The largest absolute Gasteiger partial charge is 2.00 e. The molecule has 0 aliphatic heterocycles. The number of rotatable bonds is 24. The van der Waals surface area contributed by atoms with Crippen LogP contribution in [0.2, 0.25) is 0 Å². The van der Waals surface area contributed by atoms with E-state index in [1.165, 1.54) is 0 Å². The van der Waals surface area contributed by atoms with Gasteiger partial charge in [0.05, 0.1) is 38.4 Å². The molecular weight excluding hydrogens is 785 g/mol. The summed E-state index contributed by atoms with van der Waals surface area (Å²) in [6.07, 6.45) is -42.6. The molecule has 0 radical (unpaired) electrons. The molecule has 55 heavy (non-hydrogen) atoms. The second kappa shape index (κ2) is 27.5. The van der Waals surface area contributed by atoms with Crippen molar-refractivity contribution in [2.24, 2.45) is 0 Å². The maximum absolute atomic E-state index is 11.7. The zero-order valence-corrected chi connectivity index (χ0v) is 29.6. The molecule has 0 rings (SSSR count). The molecule has 28 nitrogen and oxygen atoms in total. The van der Waals surface area contributed by atoms with Crippen molar-refractivity contribution >= 4 is 46.9 Å². The van der Waals surface area contributed by atoms with E-state index in [9.17, 15) is 90.7 Å². The standard InChI is InChI=1S/2C13H24O14.Mg/c2*14-1-3(16)5(18)7(20)9(22)11(12(24)25)27-13(26)10(23)8(21)6(19)4(17)2-15;/h2*3-11,14-23H,1-2H2,(H,24,25);/q;;+2/p-2/t2*3-,4-,5+,6-,7-,8+,9-,10-,11-;/m10./s1. The minimum Gasteiger partial charge on any atom is -0.546 e.